The fraction of sp³-hybridized carbons (Fsp3) is 0.438. The largest absolute Gasteiger partial charge is 0.505 e. The number of anilines is 1. The van der Waals surface area contributed by atoms with E-state index in [2.05, 4.69) is 13.8 Å². The molecule has 2 aromatic carbocycles. The van der Waals surface area contributed by atoms with Gasteiger partial charge in [0.15, 0.2) is 11.6 Å². The van der Waals surface area contributed by atoms with Crippen LogP contribution in [-0.2, 0) is 14.3 Å². The molecule has 0 aromatic heterocycles. The molecule has 0 saturated carbocycles. The minimum Gasteiger partial charge on any atom is -0.505 e. The van der Waals surface area contributed by atoms with Crippen LogP contribution in [0.5, 0.6) is 5.75 Å². The molecule has 2 heterocycles. The highest BCUT2D eigenvalue weighted by atomic mass is 19.1. The van der Waals surface area contributed by atoms with Crippen LogP contribution in [0.15, 0.2) is 59.2 Å². The summed E-state index contributed by atoms with van der Waals surface area (Å²) < 4.78 is 20.2. The number of nitrogens with zero attached hydrogens (tertiary/aromatic N) is 2. The van der Waals surface area contributed by atoms with Gasteiger partial charge in [-0.25, -0.2) is 9.29 Å². The highest BCUT2D eigenvalue weighted by molar-refractivity contribution is 6.22. The van der Waals surface area contributed by atoms with E-state index in [0.29, 0.717) is 25.0 Å². The second-order valence-corrected chi connectivity index (χ2v) is 11.2. The van der Waals surface area contributed by atoms with Crippen molar-refractivity contribution in [3.8, 4) is 5.75 Å². The smallest absolute Gasteiger partial charge is 0.271 e. The van der Waals surface area contributed by atoms with E-state index in [0.717, 1.165) is 48.2 Å². The van der Waals surface area contributed by atoms with Crippen LogP contribution in [0.1, 0.15) is 64.4 Å². The third-order valence-electron chi connectivity index (χ3n) is 8.50. The first kappa shape index (κ1) is 28.7. The zero-order valence-corrected chi connectivity index (χ0v) is 23.3. The third-order valence-corrected chi connectivity index (χ3v) is 8.50. The number of phenolic OH excluding ortho intramolecular Hbond substituents is 1. The number of carbonyl (C=O) groups is 2. The van der Waals surface area contributed by atoms with Crippen LogP contribution >= 0.6 is 0 Å². The number of hydrogen-bond acceptors (Lipinski definition) is 6. The lowest BCUT2D eigenvalue weighted by molar-refractivity contribution is -0.384. The number of nitro groups is 1. The minimum atomic E-state index is -0.655. The maximum absolute atomic E-state index is 13.9. The van der Waals surface area contributed by atoms with Crippen molar-refractivity contribution in [2.45, 2.75) is 64.9 Å². The molecule has 1 N–H and O–H groups in total. The van der Waals surface area contributed by atoms with Crippen LogP contribution in [-0.4, -0.2) is 34.6 Å². The summed E-state index contributed by atoms with van der Waals surface area (Å²) in [5.74, 6) is -2.90. The normalized spacial score (nSPS) is 24.2. The quantitative estimate of drug-likeness (QED) is 0.149. The molecule has 2 saturated heterocycles. The fourth-order valence-corrected chi connectivity index (χ4v) is 6.77. The molecule has 3 aliphatic rings. The standard InChI is InChI=1S/C32H35FN2O6/c1-3-6-19(14-20-10-12-27(36)26(33)15-20)11-13-28-29-21(7-4-2)16-24-30(25(29)18-41-28)32(38)34(31(24)37)22-8-5-9-23(17-22)35(39)40/h5,8-10,12,14-15,17,24-25,28,30,36H,3-4,6-7,11,13,16,18H2,1-2H3/b19-14+/t24-,25+,28-,30-/m1/s1. The molecule has 1 aliphatic carbocycles. The van der Waals surface area contributed by atoms with Crippen LogP contribution in [0.25, 0.3) is 6.08 Å². The first-order valence-corrected chi connectivity index (χ1v) is 14.4. The Morgan fingerprint density at radius 1 is 1.12 bits per heavy atom. The second kappa shape index (κ2) is 11.9. The van der Waals surface area contributed by atoms with Gasteiger partial charge in [0.25, 0.3) is 5.69 Å². The monoisotopic (exact) mass is 562 g/mol. The van der Waals surface area contributed by atoms with E-state index < -0.39 is 22.6 Å². The van der Waals surface area contributed by atoms with E-state index in [4.69, 9.17) is 4.74 Å². The van der Waals surface area contributed by atoms with E-state index in [9.17, 15) is 29.2 Å². The molecule has 0 bridgehead atoms. The SMILES string of the molecule is CCCC1=C2[C@@H](CC/C(=C/c3ccc(O)c(F)c3)CCC)OC[C@@H]2[C@@H]2C(=O)N(c3cccc([N+](=O)[O-])c3)C(=O)[C@@H]2C1. The van der Waals surface area contributed by atoms with Gasteiger partial charge in [0, 0.05) is 18.1 Å². The molecule has 2 aliphatic heterocycles. The van der Waals surface area contributed by atoms with Crippen molar-refractivity contribution in [3.63, 3.8) is 0 Å². The van der Waals surface area contributed by atoms with Gasteiger partial charge in [-0.05, 0) is 61.4 Å². The molecule has 8 nitrogen and oxygen atoms in total. The summed E-state index contributed by atoms with van der Waals surface area (Å²) in [5.41, 5.74) is 4.24. The number of non-ortho nitro benzene ring substituents is 1. The molecule has 0 radical (unpaired) electrons. The number of rotatable bonds is 10. The van der Waals surface area contributed by atoms with E-state index in [-0.39, 0.29) is 41.0 Å². The van der Waals surface area contributed by atoms with E-state index in [1.165, 1.54) is 35.9 Å². The van der Waals surface area contributed by atoms with Gasteiger partial charge in [0.1, 0.15) is 0 Å². The lowest BCUT2D eigenvalue weighted by Gasteiger charge is -2.32. The summed E-state index contributed by atoms with van der Waals surface area (Å²) in [6.45, 7) is 4.54. The van der Waals surface area contributed by atoms with E-state index in [1.54, 1.807) is 12.1 Å². The highest BCUT2D eigenvalue weighted by Gasteiger charge is 2.57. The molecule has 2 aromatic rings. The number of imide groups is 1. The molecule has 216 valence electrons. The van der Waals surface area contributed by atoms with Crippen molar-refractivity contribution >= 4 is 29.3 Å². The van der Waals surface area contributed by atoms with Gasteiger partial charge in [-0.1, -0.05) is 56.0 Å². The Hall–Kier alpha value is -3.85. The number of amides is 2. The Bertz CT molecular complexity index is 1430. The average Bonchev–Trinajstić information content (AvgIpc) is 3.48. The van der Waals surface area contributed by atoms with Crippen molar-refractivity contribution < 1.29 is 28.7 Å². The summed E-state index contributed by atoms with van der Waals surface area (Å²) >= 11 is 0. The minimum absolute atomic E-state index is 0.168. The lowest BCUT2D eigenvalue weighted by Crippen LogP contribution is -2.34. The molecule has 2 amide bonds. The van der Waals surface area contributed by atoms with Crippen LogP contribution in [0.2, 0.25) is 0 Å². The van der Waals surface area contributed by atoms with Crippen LogP contribution < -0.4 is 4.90 Å². The van der Waals surface area contributed by atoms with Gasteiger partial charge >= 0.3 is 0 Å². The zero-order chi connectivity index (χ0) is 29.3. The number of hydrogen-bond donors (Lipinski definition) is 1. The predicted octanol–water partition coefficient (Wildman–Crippen LogP) is 6.72. The molecule has 4 atom stereocenters. The number of ether oxygens (including phenoxy) is 1. The number of aromatic hydroxyl groups is 1. The average molecular weight is 563 g/mol. The van der Waals surface area contributed by atoms with E-state index >= 15 is 0 Å². The number of nitro benzene ring substituents is 1. The Morgan fingerprint density at radius 2 is 1.93 bits per heavy atom. The Labute approximate surface area is 238 Å². The topological polar surface area (TPSA) is 110 Å². The number of halogens is 1. The maximum atomic E-state index is 13.9. The molecular weight excluding hydrogens is 527 g/mol. The molecule has 0 spiro atoms. The highest BCUT2D eigenvalue weighted by Crippen LogP contribution is 2.51. The van der Waals surface area contributed by atoms with Gasteiger partial charge in [0.2, 0.25) is 11.8 Å². The van der Waals surface area contributed by atoms with Crippen molar-refractivity contribution in [2.24, 2.45) is 17.8 Å². The van der Waals surface area contributed by atoms with Gasteiger partial charge in [-0.2, -0.15) is 0 Å². The molecule has 9 heteroatoms. The van der Waals surface area contributed by atoms with Crippen molar-refractivity contribution in [2.75, 3.05) is 11.5 Å². The number of allylic oxidation sites excluding steroid dienone is 2. The summed E-state index contributed by atoms with van der Waals surface area (Å²) in [5, 5.41) is 20.9. The van der Waals surface area contributed by atoms with Gasteiger partial charge in [-0.3, -0.25) is 19.7 Å². The van der Waals surface area contributed by atoms with E-state index in [1.807, 2.05) is 6.08 Å². The van der Waals surface area contributed by atoms with Crippen molar-refractivity contribution in [3.05, 3.63) is 80.7 Å². The first-order valence-electron chi connectivity index (χ1n) is 14.4. The Kier molecular flexibility index (Phi) is 8.35. The fourth-order valence-electron chi connectivity index (χ4n) is 6.77. The van der Waals surface area contributed by atoms with Gasteiger partial charge in [0.05, 0.1) is 35.2 Å². The Morgan fingerprint density at radius 3 is 2.63 bits per heavy atom. The Balaban J connectivity index is 1.39. The molecular formula is C32H35FN2O6. The van der Waals surface area contributed by atoms with Crippen LogP contribution in [0, 0.1) is 33.7 Å². The van der Waals surface area contributed by atoms with Crippen molar-refractivity contribution in [1.29, 1.82) is 0 Å². The third kappa shape index (κ3) is 5.55. The predicted molar refractivity (Wildman–Crippen MR) is 153 cm³/mol. The summed E-state index contributed by atoms with van der Waals surface area (Å²) in [7, 11) is 0. The molecule has 41 heavy (non-hydrogen) atoms. The maximum Gasteiger partial charge on any atom is 0.271 e. The summed E-state index contributed by atoms with van der Waals surface area (Å²) in [6, 6.07) is 10.1. The lowest BCUT2D eigenvalue weighted by atomic mass is 9.68. The molecule has 5 rings (SSSR count). The molecule has 2 fully saturated rings. The number of fused-ring (bicyclic) bond motifs is 3. The van der Waals surface area contributed by atoms with Crippen LogP contribution in [0.4, 0.5) is 15.8 Å². The first-order chi connectivity index (χ1) is 19.7. The summed E-state index contributed by atoms with van der Waals surface area (Å²) in [6.07, 6.45) is 7.22. The van der Waals surface area contributed by atoms with Gasteiger partial charge in [-0.15, -0.1) is 0 Å². The number of carbonyl (C=O) groups excluding carboxylic acids is 2. The zero-order valence-electron chi connectivity index (χ0n) is 23.3. The second-order valence-electron chi connectivity index (χ2n) is 11.2. The van der Waals surface area contributed by atoms with Gasteiger partial charge < -0.3 is 9.84 Å². The number of benzene rings is 2. The molecule has 0 unspecified atom stereocenters. The summed E-state index contributed by atoms with van der Waals surface area (Å²) in [4.78, 5) is 39.3. The van der Waals surface area contributed by atoms with Crippen molar-refractivity contribution in [1.82, 2.24) is 0 Å². The number of phenols is 1. The van der Waals surface area contributed by atoms with Crippen LogP contribution in [0.3, 0.4) is 0 Å².